The summed E-state index contributed by atoms with van der Waals surface area (Å²) in [6.07, 6.45) is 2.02. The Labute approximate surface area is 289 Å². The molecule has 1 spiro atoms. The summed E-state index contributed by atoms with van der Waals surface area (Å²) in [5, 5.41) is 13.2. The Morgan fingerprint density at radius 1 is 1.10 bits per heavy atom. The van der Waals surface area contributed by atoms with E-state index >= 15 is 0 Å². The number of oxime groups is 1. The molecule has 48 heavy (non-hydrogen) atoms. The fourth-order valence-corrected chi connectivity index (χ4v) is 6.45. The van der Waals surface area contributed by atoms with E-state index in [4.69, 9.17) is 37.5 Å². The van der Waals surface area contributed by atoms with Gasteiger partial charge in [-0.25, -0.2) is 4.79 Å². The van der Waals surface area contributed by atoms with Crippen LogP contribution in [0.3, 0.4) is 0 Å². The van der Waals surface area contributed by atoms with Crippen molar-refractivity contribution in [2.75, 3.05) is 19.8 Å². The normalized spacial score (nSPS) is 24.8. The average molecular weight is 709 g/mol. The Morgan fingerprint density at radius 3 is 2.48 bits per heavy atom. The molecule has 1 aromatic rings. The highest BCUT2D eigenvalue weighted by Crippen LogP contribution is 2.40. The van der Waals surface area contributed by atoms with Crippen molar-refractivity contribution >= 4 is 58.5 Å². The molecule has 1 aromatic carbocycles. The van der Waals surface area contributed by atoms with Gasteiger partial charge in [0, 0.05) is 30.9 Å². The summed E-state index contributed by atoms with van der Waals surface area (Å²) in [4.78, 5) is 74.6. The van der Waals surface area contributed by atoms with E-state index in [1.54, 1.807) is 39.0 Å². The predicted molar refractivity (Wildman–Crippen MR) is 177 cm³/mol. The quantitative estimate of drug-likeness (QED) is 0.294. The zero-order valence-electron chi connectivity index (χ0n) is 27.6. The summed E-state index contributed by atoms with van der Waals surface area (Å²) in [6.45, 7) is 7.93. The molecule has 1 unspecified atom stereocenters. The molecule has 0 aromatic heterocycles. The molecule has 5 atom stereocenters. The number of Topliss-reactive ketones (excluding diaryl/α,β-unsaturated/α-hetero) is 1. The Hall–Kier alpha value is -3.42. The monoisotopic (exact) mass is 707 g/mol. The van der Waals surface area contributed by atoms with Crippen LogP contribution in [0.25, 0.3) is 0 Å². The highest BCUT2D eigenvalue weighted by Gasteiger charge is 2.56. The van der Waals surface area contributed by atoms with Crippen LogP contribution in [-0.2, 0) is 33.5 Å². The second-order valence-corrected chi connectivity index (χ2v) is 14.9. The van der Waals surface area contributed by atoms with Gasteiger partial charge in [-0.1, -0.05) is 68.5 Å². The fraction of sp³-hybridized carbons (Fsp3) is 0.636. The smallest absolute Gasteiger partial charge is 0.408 e. The lowest BCUT2D eigenvalue weighted by molar-refractivity contribution is -0.144. The van der Waals surface area contributed by atoms with Crippen LogP contribution >= 0.6 is 23.2 Å². The molecule has 3 N–H and O–H groups in total. The van der Waals surface area contributed by atoms with E-state index in [0.29, 0.717) is 40.8 Å². The summed E-state index contributed by atoms with van der Waals surface area (Å²) in [6, 6.07) is 1.77. The zero-order valence-corrected chi connectivity index (χ0v) is 29.1. The number of amides is 4. The highest BCUT2D eigenvalue weighted by atomic mass is 35.5. The Bertz CT molecular complexity index is 1470. The lowest BCUT2D eigenvalue weighted by Crippen LogP contribution is -2.59. The molecule has 5 rings (SSSR count). The maximum absolute atomic E-state index is 14.4. The minimum absolute atomic E-state index is 0.0267. The van der Waals surface area contributed by atoms with Crippen LogP contribution in [0.5, 0.6) is 0 Å². The summed E-state index contributed by atoms with van der Waals surface area (Å²) in [7, 11) is 0. The van der Waals surface area contributed by atoms with Crippen molar-refractivity contribution < 1.29 is 38.3 Å². The van der Waals surface area contributed by atoms with Gasteiger partial charge in [-0.3, -0.25) is 19.2 Å². The second kappa shape index (κ2) is 14.6. The maximum Gasteiger partial charge on any atom is 0.408 e. The van der Waals surface area contributed by atoms with E-state index in [2.05, 4.69) is 21.1 Å². The van der Waals surface area contributed by atoms with E-state index in [0.717, 1.165) is 12.8 Å². The van der Waals surface area contributed by atoms with Gasteiger partial charge in [-0.15, -0.1) is 0 Å². The predicted octanol–water partition coefficient (Wildman–Crippen LogP) is 3.52. The number of alkyl carbamates (subject to hydrolysis) is 1. The number of nitrogens with one attached hydrogen (secondary N) is 3. The molecule has 0 radical (unpaired) electrons. The highest BCUT2D eigenvalue weighted by molar-refractivity contribution is 6.42. The molecule has 15 heteroatoms. The number of hydrogen-bond donors (Lipinski definition) is 3. The Kier molecular flexibility index (Phi) is 10.9. The number of ketones is 1. The number of nitrogens with zero attached hydrogens (tertiary/aromatic N) is 2. The minimum Gasteiger partial charge on any atom is -0.444 e. The number of likely N-dealkylation sites (tertiary alicyclic amines) is 1. The van der Waals surface area contributed by atoms with E-state index in [1.165, 1.54) is 4.90 Å². The first-order valence-electron chi connectivity index (χ1n) is 16.4. The number of carbonyl (C=O) groups excluding carboxylic acids is 5. The molecular weight excluding hydrogens is 665 g/mol. The minimum atomic E-state index is -1.11. The van der Waals surface area contributed by atoms with Crippen molar-refractivity contribution in [3.05, 3.63) is 33.8 Å². The number of carbonyl (C=O) groups is 5. The van der Waals surface area contributed by atoms with E-state index in [-0.39, 0.29) is 38.5 Å². The van der Waals surface area contributed by atoms with Gasteiger partial charge < -0.3 is 35.2 Å². The fourth-order valence-electron chi connectivity index (χ4n) is 6.15. The average Bonchev–Trinajstić information content (AvgIpc) is 3.38. The van der Waals surface area contributed by atoms with Crippen LogP contribution in [0.1, 0.15) is 78.2 Å². The summed E-state index contributed by atoms with van der Waals surface area (Å²) in [5.41, 5.74) is -0.642. The van der Waals surface area contributed by atoms with E-state index in [1.807, 2.05) is 6.92 Å². The first-order chi connectivity index (χ1) is 22.7. The number of rotatable bonds is 11. The van der Waals surface area contributed by atoms with Crippen LogP contribution in [0.2, 0.25) is 10.0 Å². The van der Waals surface area contributed by atoms with Crippen LogP contribution in [-0.4, -0.2) is 95.8 Å². The third kappa shape index (κ3) is 8.41. The van der Waals surface area contributed by atoms with Crippen molar-refractivity contribution in [1.82, 2.24) is 20.9 Å². The van der Waals surface area contributed by atoms with Gasteiger partial charge in [0.2, 0.25) is 17.6 Å². The van der Waals surface area contributed by atoms with E-state index < -0.39 is 64.8 Å². The van der Waals surface area contributed by atoms with Crippen molar-refractivity contribution in [1.29, 1.82) is 0 Å². The van der Waals surface area contributed by atoms with Crippen LogP contribution < -0.4 is 16.0 Å². The van der Waals surface area contributed by atoms with Gasteiger partial charge in [-0.2, -0.15) is 0 Å². The van der Waals surface area contributed by atoms with Crippen LogP contribution in [0.15, 0.2) is 23.4 Å². The van der Waals surface area contributed by atoms with Crippen molar-refractivity contribution in [3.8, 4) is 0 Å². The Morgan fingerprint density at radius 2 is 1.85 bits per heavy atom. The van der Waals surface area contributed by atoms with Gasteiger partial charge in [0.05, 0.1) is 41.6 Å². The summed E-state index contributed by atoms with van der Waals surface area (Å²) < 4.78 is 10.8. The zero-order chi connectivity index (χ0) is 34.8. The molecule has 4 aliphatic rings. The van der Waals surface area contributed by atoms with Gasteiger partial charge in [0.1, 0.15) is 18.2 Å². The topological polar surface area (TPSA) is 165 Å². The molecular formula is C33H43Cl2N5O8. The van der Waals surface area contributed by atoms with E-state index in [9.17, 15) is 24.0 Å². The SMILES string of the molecule is CCC[C@H](NC(=O)[C@@H]1CC2(CC(c3ccc(Cl)c(Cl)c3)=NO2)CN1C(=O)[C@@H](NC(=O)O[C@H]1CCOC1)C(C)(C)C)C(=O)C(=O)NC1CC1. The summed E-state index contributed by atoms with van der Waals surface area (Å²) in [5.74, 6) is -2.63. The lowest BCUT2D eigenvalue weighted by Gasteiger charge is -2.35. The van der Waals surface area contributed by atoms with Gasteiger partial charge in [-0.05, 0) is 36.8 Å². The first-order valence-corrected chi connectivity index (χ1v) is 17.2. The van der Waals surface area contributed by atoms with Gasteiger partial charge >= 0.3 is 6.09 Å². The number of hydrogen-bond acceptors (Lipinski definition) is 9. The van der Waals surface area contributed by atoms with Gasteiger partial charge in [0.15, 0.2) is 5.60 Å². The third-order valence-electron chi connectivity index (χ3n) is 8.96. The molecule has 3 fully saturated rings. The van der Waals surface area contributed by atoms with Gasteiger partial charge in [0.25, 0.3) is 5.91 Å². The molecule has 1 aliphatic carbocycles. The maximum atomic E-state index is 14.4. The second-order valence-electron chi connectivity index (χ2n) is 14.1. The van der Waals surface area contributed by atoms with Crippen molar-refractivity contribution in [2.45, 2.75) is 109 Å². The first kappa shape index (κ1) is 35.9. The number of ether oxygens (including phenoxy) is 2. The summed E-state index contributed by atoms with van der Waals surface area (Å²) >= 11 is 12.4. The largest absolute Gasteiger partial charge is 0.444 e. The number of halogens is 2. The molecule has 4 amide bonds. The molecule has 0 bridgehead atoms. The molecule has 2 saturated heterocycles. The van der Waals surface area contributed by atoms with Crippen molar-refractivity contribution in [2.24, 2.45) is 10.6 Å². The third-order valence-corrected chi connectivity index (χ3v) is 9.70. The number of benzene rings is 1. The standard InChI is InChI=1S/C33H43Cl2N5O8/c1-5-6-23(26(41)29(43)36-19-8-9-19)37-28(42)25-15-33(14-24(39-48-33)18-7-10-21(34)22(35)13-18)17-40(25)30(44)27(32(2,3)4)38-31(45)47-20-11-12-46-16-20/h7,10,13,19-20,23,25,27H,5-6,8-9,11-12,14-17H2,1-4H3,(H,36,43)(H,37,42)(H,38,45)/t20-,23-,25-,27+,33?/m0/s1. The van der Waals surface area contributed by atoms with Crippen LogP contribution in [0, 0.1) is 5.41 Å². The molecule has 3 heterocycles. The molecule has 13 nitrogen and oxygen atoms in total. The molecule has 262 valence electrons. The molecule has 3 aliphatic heterocycles. The van der Waals surface area contributed by atoms with Crippen molar-refractivity contribution in [3.63, 3.8) is 0 Å². The molecule has 1 saturated carbocycles. The lowest BCUT2D eigenvalue weighted by atomic mass is 9.85. The Balaban J connectivity index is 1.39. The van der Waals surface area contributed by atoms with Crippen LogP contribution in [0.4, 0.5) is 4.79 Å².